The van der Waals surface area contributed by atoms with Crippen molar-refractivity contribution in [1.82, 2.24) is 4.90 Å². The van der Waals surface area contributed by atoms with Gasteiger partial charge in [-0.15, -0.1) is 0 Å². The van der Waals surface area contributed by atoms with Gasteiger partial charge in [0, 0.05) is 6.54 Å². The number of piperidine rings is 1. The largest absolute Gasteiger partial charge is 0.306 e. The van der Waals surface area contributed by atoms with Crippen molar-refractivity contribution < 1.29 is 0 Å². The van der Waals surface area contributed by atoms with E-state index in [-0.39, 0.29) is 0 Å². The van der Waals surface area contributed by atoms with Gasteiger partial charge in [-0.2, -0.15) is 0 Å². The van der Waals surface area contributed by atoms with Crippen molar-refractivity contribution in [2.75, 3.05) is 20.1 Å². The highest BCUT2D eigenvalue weighted by Crippen LogP contribution is 2.58. The summed E-state index contributed by atoms with van der Waals surface area (Å²) in [4.78, 5) is 2.54. The minimum Gasteiger partial charge on any atom is -0.306 e. The summed E-state index contributed by atoms with van der Waals surface area (Å²) in [7, 11) is 2.29. The molecule has 0 aromatic rings. The number of rotatable bonds is 0. The van der Waals surface area contributed by atoms with E-state index in [1.807, 2.05) is 0 Å². The fraction of sp³-hybridized carbons (Fsp3) is 1.00. The maximum atomic E-state index is 2.54. The number of hydrogen-bond donors (Lipinski definition) is 0. The summed E-state index contributed by atoms with van der Waals surface area (Å²) in [5.41, 5.74) is 1.22. The van der Waals surface area contributed by atoms with Crippen molar-refractivity contribution in [3.8, 4) is 0 Å². The zero-order valence-electron chi connectivity index (χ0n) is 10.3. The number of hydrogen-bond acceptors (Lipinski definition) is 1. The van der Waals surface area contributed by atoms with Crippen molar-refractivity contribution in [1.29, 1.82) is 0 Å². The van der Waals surface area contributed by atoms with Crippen LogP contribution in [0, 0.1) is 16.7 Å². The molecule has 14 heavy (non-hydrogen) atoms. The van der Waals surface area contributed by atoms with Crippen LogP contribution in [0.3, 0.4) is 0 Å². The van der Waals surface area contributed by atoms with Gasteiger partial charge in [-0.3, -0.25) is 0 Å². The van der Waals surface area contributed by atoms with Crippen molar-refractivity contribution in [3.05, 3.63) is 0 Å². The second kappa shape index (κ2) is 3.23. The Hall–Kier alpha value is -0.0400. The molecule has 1 spiro atoms. The van der Waals surface area contributed by atoms with Crippen molar-refractivity contribution in [3.63, 3.8) is 0 Å². The van der Waals surface area contributed by atoms with Gasteiger partial charge in [-0.05, 0) is 56.0 Å². The third-order valence-corrected chi connectivity index (χ3v) is 4.51. The van der Waals surface area contributed by atoms with Gasteiger partial charge in [0.1, 0.15) is 0 Å². The van der Waals surface area contributed by atoms with E-state index in [1.165, 1.54) is 38.8 Å². The van der Waals surface area contributed by atoms with Crippen LogP contribution in [-0.2, 0) is 0 Å². The normalized spacial score (nSPS) is 39.9. The van der Waals surface area contributed by atoms with E-state index in [4.69, 9.17) is 0 Å². The molecule has 2 aliphatic rings. The summed E-state index contributed by atoms with van der Waals surface area (Å²) < 4.78 is 0. The summed E-state index contributed by atoms with van der Waals surface area (Å²) in [5, 5.41) is 0. The fourth-order valence-corrected chi connectivity index (χ4v) is 3.93. The van der Waals surface area contributed by atoms with E-state index in [1.54, 1.807) is 0 Å². The SMILES string of the molecule is CN1CCC[C@@]2(CCC2C(C)(C)C)C1. The molecular weight excluding hydrogens is 170 g/mol. The molecule has 0 aromatic carbocycles. The molecule has 1 unspecified atom stereocenters. The van der Waals surface area contributed by atoms with E-state index in [0.717, 1.165) is 5.92 Å². The van der Waals surface area contributed by atoms with Gasteiger partial charge in [0.15, 0.2) is 0 Å². The lowest BCUT2D eigenvalue weighted by Gasteiger charge is -2.59. The van der Waals surface area contributed by atoms with Crippen LogP contribution >= 0.6 is 0 Å². The molecule has 1 aliphatic carbocycles. The molecule has 1 aliphatic heterocycles. The van der Waals surface area contributed by atoms with Gasteiger partial charge in [0.25, 0.3) is 0 Å². The first kappa shape index (κ1) is 10.5. The Kier molecular flexibility index (Phi) is 2.42. The first-order valence-corrected chi connectivity index (χ1v) is 6.13. The Bertz CT molecular complexity index is 216. The van der Waals surface area contributed by atoms with Crippen LogP contribution in [0.15, 0.2) is 0 Å². The third kappa shape index (κ3) is 1.60. The fourth-order valence-electron chi connectivity index (χ4n) is 3.93. The minimum atomic E-state index is 0.524. The number of nitrogens with zero attached hydrogens (tertiary/aromatic N) is 1. The van der Waals surface area contributed by atoms with Crippen LogP contribution in [0.1, 0.15) is 46.5 Å². The molecule has 0 N–H and O–H groups in total. The lowest BCUT2D eigenvalue weighted by molar-refractivity contribution is -0.0890. The minimum absolute atomic E-state index is 0.524. The van der Waals surface area contributed by atoms with Gasteiger partial charge >= 0.3 is 0 Å². The third-order valence-electron chi connectivity index (χ3n) is 4.51. The summed E-state index contributed by atoms with van der Waals surface area (Å²) in [5.74, 6) is 0.970. The molecule has 0 bridgehead atoms. The summed E-state index contributed by atoms with van der Waals surface area (Å²) in [6.07, 6.45) is 5.86. The molecule has 0 aromatic heterocycles. The molecule has 2 rings (SSSR count). The van der Waals surface area contributed by atoms with Crippen LogP contribution in [0.25, 0.3) is 0 Å². The Morgan fingerprint density at radius 3 is 2.36 bits per heavy atom. The Morgan fingerprint density at radius 2 is 1.93 bits per heavy atom. The summed E-state index contributed by atoms with van der Waals surface area (Å²) in [6, 6.07) is 0. The molecule has 1 saturated carbocycles. The van der Waals surface area contributed by atoms with Crippen LogP contribution in [0.5, 0.6) is 0 Å². The highest BCUT2D eigenvalue weighted by molar-refractivity contribution is 5.03. The van der Waals surface area contributed by atoms with E-state index < -0.39 is 0 Å². The van der Waals surface area contributed by atoms with Crippen molar-refractivity contribution >= 4 is 0 Å². The van der Waals surface area contributed by atoms with Gasteiger partial charge in [0.2, 0.25) is 0 Å². The van der Waals surface area contributed by atoms with E-state index in [9.17, 15) is 0 Å². The molecule has 2 atom stereocenters. The van der Waals surface area contributed by atoms with E-state index in [0.29, 0.717) is 10.8 Å². The maximum absolute atomic E-state index is 2.54. The highest BCUT2D eigenvalue weighted by Gasteiger charge is 2.52. The lowest BCUT2D eigenvalue weighted by Crippen LogP contribution is -2.55. The van der Waals surface area contributed by atoms with Crippen LogP contribution < -0.4 is 0 Å². The van der Waals surface area contributed by atoms with Gasteiger partial charge in [-0.1, -0.05) is 20.8 Å². The first-order valence-electron chi connectivity index (χ1n) is 6.13. The molecule has 1 heteroatoms. The molecule has 82 valence electrons. The van der Waals surface area contributed by atoms with Crippen LogP contribution in [0.4, 0.5) is 0 Å². The topological polar surface area (TPSA) is 3.24 Å². The highest BCUT2D eigenvalue weighted by atomic mass is 15.1. The van der Waals surface area contributed by atoms with Crippen LogP contribution in [0.2, 0.25) is 0 Å². The lowest BCUT2D eigenvalue weighted by atomic mass is 9.49. The monoisotopic (exact) mass is 195 g/mol. The molecule has 0 amide bonds. The summed E-state index contributed by atoms with van der Waals surface area (Å²) >= 11 is 0. The average Bonchev–Trinajstić information content (AvgIpc) is 1.99. The Morgan fingerprint density at radius 1 is 1.21 bits per heavy atom. The molecular formula is C13H25N. The second-order valence-corrected chi connectivity index (χ2v) is 6.66. The molecule has 1 saturated heterocycles. The predicted molar refractivity (Wildman–Crippen MR) is 61.3 cm³/mol. The Balaban J connectivity index is 2.09. The van der Waals surface area contributed by atoms with E-state index in [2.05, 4.69) is 32.7 Å². The van der Waals surface area contributed by atoms with Gasteiger partial charge in [0.05, 0.1) is 0 Å². The molecule has 0 radical (unpaired) electrons. The number of likely N-dealkylation sites (tertiary alicyclic amines) is 1. The van der Waals surface area contributed by atoms with Crippen LogP contribution in [-0.4, -0.2) is 25.0 Å². The van der Waals surface area contributed by atoms with Crippen molar-refractivity contribution in [2.24, 2.45) is 16.7 Å². The van der Waals surface area contributed by atoms with E-state index >= 15 is 0 Å². The zero-order valence-corrected chi connectivity index (χ0v) is 10.3. The van der Waals surface area contributed by atoms with Gasteiger partial charge < -0.3 is 4.90 Å². The molecule has 2 fully saturated rings. The predicted octanol–water partition coefficient (Wildman–Crippen LogP) is 3.15. The standard InChI is InChI=1S/C13H25N/c1-12(2,3)11-6-8-13(11)7-5-9-14(4)10-13/h11H,5-10H2,1-4H3/t11?,13-/m1/s1. The molecule has 1 heterocycles. The zero-order chi connectivity index (χ0) is 10.4. The van der Waals surface area contributed by atoms with Gasteiger partial charge in [-0.25, -0.2) is 0 Å². The maximum Gasteiger partial charge on any atom is 0.00378 e. The first-order chi connectivity index (χ1) is 6.44. The van der Waals surface area contributed by atoms with Crippen molar-refractivity contribution in [2.45, 2.75) is 46.5 Å². The smallest absolute Gasteiger partial charge is 0.00378 e. The second-order valence-electron chi connectivity index (χ2n) is 6.66. The summed E-state index contributed by atoms with van der Waals surface area (Å²) in [6.45, 7) is 9.95. The Labute approximate surface area is 88.9 Å². The molecule has 1 nitrogen and oxygen atoms in total. The average molecular weight is 195 g/mol. The quantitative estimate of drug-likeness (QED) is 0.574.